The zero-order valence-corrected chi connectivity index (χ0v) is 28.8. The highest BCUT2D eigenvalue weighted by Gasteiger charge is 2.24. The zero-order chi connectivity index (χ0) is 35.3. The molecule has 0 saturated heterocycles. The average Bonchev–Trinajstić information content (AvgIpc) is 3.67. The van der Waals surface area contributed by atoms with Crippen molar-refractivity contribution in [3.63, 3.8) is 0 Å². The van der Waals surface area contributed by atoms with Gasteiger partial charge in [-0.25, -0.2) is 0 Å². The first-order chi connectivity index (χ1) is 26.2. The number of benzene rings is 9. The quantitative estimate of drug-likeness (QED) is 0.185. The van der Waals surface area contributed by atoms with Crippen LogP contribution in [-0.2, 0) is 0 Å². The van der Waals surface area contributed by atoms with Crippen LogP contribution in [0.1, 0.15) is 17.4 Å². The number of anilines is 1. The summed E-state index contributed by atoms with van der Waals surface area (Å²) in [7, 11) is 0. The van der Waals surface area contributed by atoms with Gasteiger partial charge in [0.2, 0.25) is 0 Å². The van der Waals surface area contributed by atoms with Crippen molar-refractivity contribution in [2.45, 2.75) is 6.23 Å². The molecule has 0 bridgehead atoms. The Morgan fingerprint density at radius 1 is 0.434 bits per heavy atom. The van der Waals surface area contributed by atoms with Gasteiger partial charge in [0, 0.05) is 5.56 Å². The number of rotatable bonds is 5. The van der Waals surface area contributed by atoms with Gasteiger partial charge in [0.15, 0.2) is 6.23 Å². The van der Waals surface area contributed by atoms with E-state index in [1.165, 1.54) is 54.6 Å². The molecule has 1 aliphatic rings. The maximum atomic E-state index is 9.15. The summed E-state index contributed by atoms with van der Waals surface area (Å²) in [6.07, 6.45) is -0.269. The van der Waals surface area contributed by atoms with Crippen LogP contribution >= 0.6 is 0 Å². The predicted molar refractivity (Wildman–Crippen MR) is 219 cm³/mol. The van der Waals surface area contributed by atoms with Crippen molar-refractivity contribution in [3.05, 3.63) is 193 Å². The molecule has 1 aliphatic heterocycles. The third kappa shape index (κ3) is 5.37. The van der Waals surface area contributed by atoms with Crippen molar-refractivity contribution in [1.29, 1.82) is 5.26 Å². The van der Waals surface area contributed by atoms with Crippen molar-refractivity contribution < 1.29 is 4.74 Å². The maximum absolute atomic E-state index is 9.15. The van der Waals surface area contributed by atoms with Crippen LogP contribution in [-0.4, -0.2) is 0 Å². The lowest BCUT2D eigenvalue weighted by Gasteiger charge is -2.15. The van der Waals surface area contributed by atoms with Gasteiger partial charge in [0.25, 0.3) is 0 Å². The van der Waals surface area contributed by atoms with Crippen molar-refractivity contribution in [3.8, 4) is 56.3 Å². The summed E-state index contributed by atoms with van der Waals surface area (Å²) in [5.74, 6) is 0.861. The van der Waals surface area contributed by atoms with E-state index in [4.69, 9.17) is 10.00 Å². The lowest BCUT2D eigenvalue weighted by atomic mass is 9.91. The Labute approximate surface area is 308 Å². The Morgan fingerprint density at radius 2 is 0.943 bits per heavy atom. The van der Waals surface area contributed by atoms with E-state index >= 15 is 0 Å². The maximum Gasteiger partial charge on any atom is 0.196 e. The summed E-state index contributed by atoms with van der Waals surface area (Å²) in [6.45, 7) is 0. The molecule has 0 aliphatic carbocycles. The van der Waals surface area contributed by atoms with Crippen LogP contribution in [0.3, 0.4) is 0 Å². The molecule has 248 valence electrons. The van der Waals surface area contributed by atoms with E-state index in [9.17, 15) is 0 Å². The molecule has 3 nitrogen and oxygen atoms in total. The normalized spacial score (nSPS) is 13.4. The smallest absolute Gasteiger partial charge is 0.196 e. The summed E-state index contributed by atoms with van der Waals surface area (Å²) in [5.41, 5.74) is 12.0. The van der Waals surface area contributed by atoms with Gasteiger partial charge in [-0.1, -0.05) is 152 Å². The van der Waals surface area contributed by atoms with Gasteiger partial charge < -0.3 is 10.1 Å². The average molecular weight is 677 g/mol. The molecule has 1 N–H and O–H groups in total. The second kappa shape index (κ2) is 12.6. The Kier molecular flexibility index (Phi) is 7.27. The number of nitrogens with one attached hydrogen (secondary N) is 1. The standard InChI is InChI=1S/C50H32N2O/c51-31-32-13-15-33(16-14-32)34-17-19-35(20-18-34)41-26-27-42(45-11-4-3-10-44(41)45)36-21-23-37(24-22-36)50-52-48-28-25-39(30-49(48)53-50)47-29-38-7-1-2-8-40(38)43-9-5-6-12-46(43)47/h1-30,50,52H. The Balaban J connectivity index is 0.918. The lowest BCUT2D eigenvalue weighted by Crippen LogP contribution is -2.09. The second-order valence-corrected chi connectivity index (χ2v) is 13.6. The van der Waals surface area contributed by atoms with Gasteiger partial charge >= 0.3 is 0 Å². The minimum Gasteiger partial charge on any atom is -0.464 e. The molecule has 53 heavy (non-hydrogen) atoms. The van der Waals surface area contributed by atoms with Gasteiger partial charge in [-0.15, -0.1) is 0 Å². The monoisotopic (exact) mass is 676 g/mol. The predicted octanol–water partition coefficient (Wildman–Crippen LogP) is 13.2. The highest BCUT2D eigenvalue weighted by atomic mass is 16.5. The lowest BCUT2D eigenvalue weighted by molar-refractivity contribution is 0.260. The number of nitriles is 1. The van der Waals surface area contributed by atoms with Crippen molar-refractivity contribution in [1.82, 2.24) is 0 Å². The molecule has 0 fully saturated rings. The van der Waals surface area contributed by atoms with Crippen molar-refractivity contribution >= 4 is 38.0 Å². The summed E-state index contributed by atoms with van der Waals surface area (Å²) in [5, 5.41) is 20.2. The van der Waals surface area contributed by atoms with E-state index in [1.807, 2.05) is 24.3 Å². The van der Waals surface area contributed by atoms with Gasteiger partial charge in [-0.3, -0.25) is 0 Å². The number of fused-ring (bicyclic) bond motifs is 5. The van der Waals surface area contributed by atoms with E-state index in [2.05, 4.69) is 169 Å². The fourth-order valence-corrected chi connectivity index (χ4v) is 7.87. The van der Waals surface area contributed by atoms with Gasteiger partial charge in [-0.05, 0) is 107 Å². The fraction of sp³-hybridized carbons (Fsp3) is 0.0200. The number of ether oxygens (including phenoxy) is 1. The van der Waals surface area contributed by atoms with Crippen LogP contribution in [0.2, 0.25) is 0 Å². The summed E-state index contributed by atoms with van der Waals surface area (Å²) < 4.78 is 6.56. The molecule has 1 heterocycles. The fourth-order valence-electron chi connectivity index (χ4n) is 7.87. The molecule has 9 aromatic carbocycles. The van der Waals surface area contributed by atoms with Crippen molar-refractivity contribution in [2.75, 3.05) is 5.32 Å². The topological polar surface area (TPSA) is 45.0 Å². The molecule has 10 rings (SSSR count). The minimum absolute atomic E-state index is 0.269. The molecule has 3 heteroatoms. The van der Waals surface area contributed by atoms with E-state index < -0.39 is 0 Å². The van der Waals surface area contributed by atoms with Gasteiger partial charge in [0.1, 0.15) is 5.75 Å². The first-order valence-electron chi connectivity index (χ1n) is 17.9. The van der Waals surface area contributed by atoms with Crippen molar-refractivity contribution in [2.24, 2.45) is 0 Å². The minimum atomic E-state index is -0.269. The van der Waals surface area contributed by atoms with Gasteiger partial charge in [-0.2, -0.15) is 5.26 Å². The van der Waals surface area contributed by atoms with Crippen LogP contribution in [0.4, 0.5) is 5.69 Å². The Hall–Kier alpha value is -7.15. The SMILES string of the molecule is N#Cc1ccc(-c2ccc(-c3ccc(-c4ccc(C5Nc6ccc(-c7cc8ccccc8c8ccccc78)cc6O5)cc4)c4ccccc34)cc2)cc1. The first-order valence-corrected chi connectivity index (χ1v) is 17.9. The zero-order valence-electron chi connectivity index (χ0n) is 28.8. The first kappa shape index (κ1) is 30.7. The number of hydrogen-bond donors (Lipinski definition) is 1. The second-order valence-electron chi connectivity index (χ2n) is 13.6. The summed E-state index contributed by atoms with van der Waals surface area (Å²) in [4.78, 5) is 0. The van der Waals surface area contributed by atoms with E-state index in [1.54, 1.807) is 0 Å². The van der Waals surface area contributed by atoms with E-state index in [-0.39, 0.29) is 6.23 Å². The van der Waals surface area contributed by atoms with E-state index in [0.717, 1.165) is 39.3 Å². The van der Waals surface area contributed by atoms with Crippen LogP contribution < -0.4 is 10.1 Å². The molecular formula is C50H32N2O. The van der Waals surface area contributed by atoms with Crippen LogP contribution in [0.5, 0.6) is 5.75 Å². The van der Waals surface area contributed by atoms with E-state index in [0.29, 0.717) is 5.56 Å². The molecule has 1 unspecified atom stereocenters. The van der Waals surface area contributed by atoms with Crippen LogP contribution in [0.25, 0.3) is 76.8 Å². The van der Waals surface area contributed by atoms with Crippen LogP contribution in [0, 0.1) is 11.3 Å². The molecule has 0 saturated carbocycles. The largest absolute Gasteiger partial charge is 0.464 e. The highest BCUT2D eigenvalue weighted by molar-refractivity contribution is 6.14. The third-order valence-corrected chi connectivity index (χ3v) is 10.6. The number of hydrogen-bond acceptors (Lipinski definition) is 3. The molecule has 0 amide bonds. The highest BCUT2D eigenvalue weighted by Crippen LogP contribution is 2.43. The summed E-state index contributed by atoms with van der Waals surface area (Å²) in [6, 6.07) is 66.5. The third-order valence-electron chi connectivity index (χ3n) is 10.6. The van der Waals surface area contributed by atoms with Gasteiger partial charge in [0.05, 0.1) is 17.3 Å². The molecule has 0 radical (unpaired) electrons. The van der Waals surface area contributed by atoms with Crippen LogP contribution in [0.15, 0.2) is 182 Å². The molecular weight excluding hydrogens is 645 g/mol. The Bertz CT molecular complexity index is 2880. The molecule has 9 aromatic rings. The molecule has 0 aromatic heterocycles. The molecule has 1 atom stereocenters. The summed E-state index contributed by atoms with van der Waals surface area (Å²) >= 11 is 0. The Morgan fingerprint density at radius 3 is 1.58 bits per heavy atom. The number of nitrogens with zero attached hydrogens (tertiary/aromatic N) is 1. The molecule has 0 spiro atoms.